The topological polar surface area (TPSA) is 48.5 Å². The molecule has 1 heterocycles. The Balaban J connectivity index is 2.85. The zero-order valence-electron chi connectivity index (χ0n) is 13.9. The molecule has 0 bridgehead atoms. The second kappa shape index (κ2) is 8.62. The Labute approximate surface area is 128 Å². The molecule has 0 aromatic carbocycles. The highest BCUT2D eigenvalue weighted by Gasteiger charge is 2.17. The van der Waals surface area contributed by atoms with Gasteiger partial charge in [0.15, 0.2) is 0 Å². The van der Waals surface area contributed by atoms with Crippen LogP contribution in [0.4, 0.5) is 5.82 Å². The molecule has 0 aliphatic heterocycles. The second-order valence-electron chi connectivity index (χ2n) is 5.91. The van der Waals surface area contributed by atoms with Gasteiger partial charge in [-0.15, -0.1) is 0 Å². The van der Waals surface area contributed by atoms with E-state index in [0.29, 0.717) is 11.5 Å². The molecule has 118 valence electrons. The number of hydrogen-bond donors (Lipinski definition) is 1. The highest BCUT2D eigenvalue weighted by atomic mass is 16.2. The molecule has 1 N–H and O–H groups in total. The fourth-order valence-electron chi connectivity index (χ4n) is 2.06. The smallest absolute Gasteiger partial charge is 0.254 e. The number of rotatable bonds is 8. The largest absolute Gasteiger partial charge is 0.370 e. The van der Waals surface area contributed by atoms with E-state index >= 15 is 0 Å². The van der Waals surface area contributed by atoms with Gasteiger partial charge in [0.1, 0.15) is 5.82 Å². The third-order valence-electron chi connectivity index (χ3n) is 3.05. The molecule has 0 saturated carbocycles. The van der Waals surface area contributed by atoms with Crippen LogP contribution >= 0.6 is 0 Å². The predicted octanol–water partition coefficient (Wildman–Crippen LogP) is 2.17. The van der Waals surface area contributed by atoms with Crippen LogP contribution in [0.25, 0.3) is 0 Å². The Morgan fingerprint density at radius 3 is 2.62 bits per heavy atom. The van der Waals surface area contributed by atoms with E-state index < -0.39 is 0 Å². The van der Waals surface area contributed by atoms with E-state index in [1.807, 2.05) is 32.0 Å². The standard InChI is InChI=1S/C16H28N4O/c1-6-17-15-11-14(7-8-18-15)16(21)20(12-13(2)3)10-9-19(4)5/h7-8,11,13H,6,9-10,12H2,1-5H3,(H,17,18). The number of nitrogens with zero attached hydrogens (tertiary/aromatic N) is 3. The summed E-state index contributed by atoms with van der Waals surface area (Å²) in [5.41, 5.74) is 0.695. The van der Waals surface area contributed by atoms with E-state index in [0.717, 1.165) is 32.0 Å². The summed E-state index contributed by atoms with van der Waals surface area (Å²) in [6.07, 6.45) is 1.69. The van der Waals surface area contributed by atoms with Crippen LogP contribution in [0.3, 0.4) is 0 Å². The van der Waals surface area contributed by atoms with Crippen LogP contribution in [0.1, 0.15) is 31.1 Å². The first-order valence-corrected chi connectivity index (χ1v) is 7.58. The van der Waals surface area contributed by atoms with Gasteiger partial charge in [-0.2, -0.15) is 0 Å². The molecular weight excluding hydrogens is 264 g/mol. The van der Waals surface area contributed by atoms with Crippen molar-refractivity contribution in [2.75, 3.05) is 45.6 Å². The molecule has 0 atom stereocenters. The minimum Gasteiger partial charge on any atom is -0.370 e. The Morgan fingerprint density at radius 1 is 1.33 bits per heavy atom. The molecule has 0 radical (unpaired) electrons. The number of pyridine rings is 1. The summed E-state index contributed by atoms with van der Waals surface area (Å²) in [5, 5.41) is 3.14. The minimum absolute atomic E-state index is 0.0760. The van der Waals surface area contributed by atoms with Gasteiger partial charge < -0.3 is 15.1 Å². The van der Waals surface area contributed by atoms with Crippen molar-refractivity contribution in [1.29, 1.82) is 0 Å². The molecule has 21 heavy (non-hydrogen) atoms. The van der Waals surface area contributed by atoms with Crippen LogP contribution in [-0.4, -0.2) is 61.0 Å². The molecule has 0 aliphatic carbocycles. The molecule has 1 rings (SSSR count). The quantitative estimate of drug-likeness (QED) is 0.798. The van der Waals surface area contributed by atoms with Gasteiger partial charge in [0.05, 0.1) is 0 Å². The van der Waals surface area contributed by atoms with Crippen LogP contribution in [0, 0.1) is 5.92 Å². The van der Waals surface area contributed by atoms with Crippen molar-refractivity contribution in [3.05, 3.63) is 23.9 Å². The first-order valence-electron chi connectivity index (χ1n) is 7.58. The van der Waals surface area contributed by atoms with Crippen molar-refractivity contribution in [1.82, 2.24) is 14.8 Å². The number of hydrogen-bond acceptors (Lipinski definition) is 4. The number of amides is 1. The third kappa shape index (κ3) is 6.12. The number of likely N-dealkylation sites (N-methyl/N-ethyl adjacent to an activating group) is 1. The fourth-order valence-corrected chi connectivity index (χ4v) is 2.06. The highest BCUT2D eigenvalue weighted by molar-refractivity contribution is 5.94. The van der Waals surface area contributed by atoms with Gasteiger partial charge in [0, 0.05) is 37.9 Å². The SMILES string of the molecule is CCNc1cc(C(=O)N(CCN(C)C)CC(C)C)ccn1. The minimum atomic E-state index is 0.0760. The maximum Gasteiger partial charge on any atom is 0.254 e. The second-order valence-corrected chi connectivity index (χ2v) is 5.91. The first kappa shape index (κ1) is 17.4. The lowest BCUT2D eigenvalue weighted by atomic mass is 10.1. The zero-order chi connectivity index (χ0) is 15.8. The van der Waals surface area contributed by atoms with Crippen LogP contribution in [0.2, 0.25) is 0 Å². The third-order valence-corrected chi connectivity index (χ3v) is 3.05. The van der Waals surface area contributed by atoms with Gasteiger partial charge in [0.25, 0.3) is 5.91 Å². The number of carbonyl (C=O) groups excluding carboxylic acids is 1. The number of aromatic nitrogens is 1. The molecule has 0 fully saturated rings. The monoisotopic (exact) mass is 292 g/mol. The average Bonchev–Trinajstić information content (AvgIpc) is 2.43. The van der Waals surface area contributed by atoms with Crippen molar-refractivity contribution in [3.63, 3.8) is 0 Å². The Morgan fingerprint density at radius 2 is 2.05 bits per heavy atom. The number of nitrogens with one attached hydrogen (secondary N) is 1. The summed E-state index contributed by atoms with van der Waals surface area (Å²) in [5.74, 6) is 1.28. The molecular formula is C16H28N4O. The van der Waals surface area contributed by atoms with Crippen LogP contribution < -0.4 is 5.32 Å². The normalized spacial score (nSPS) is 11.0. The molecule has 5 heteroatoms. The van der Waals surface area contributed by atoms with E-state index in [9.17, 15) is 4.79 Å². The lowest BCUT2D eigenvalue weighted by Crippen LogP contribution is -2.39. The molecule has 0 aliphatic rings. The summed E-state index contributed by atoms with van der Waals surface area (Å²) in [6.45, 7) is 9.44. The lowest BCUT2D eigenvalue weighted by Gasteiger charge is -2.26. The number of carbonyl (C=O) groups is 1. The Bertz CT molecular complexity index is 446. The zero-order valence-corrected chi connectivity index (χ0v) is 13.9. The summed E-state index contributed by atoms with van der Waals surface area (Å²) in [6, 6.07) is 3.61. The lowest BCUT2D eigenvalue weighted by molar-refractivity contribution is 0.0724. The van der Waals surface area contributed by atoms with Crippen molar-refractivity contribution >= 4 is 11.7 Å². The average molecular weight is 292 g/mol. The Hall–Kier alpha value is -1.62. The van der Waals surface area contributed by atoms with E-state index in [1.165, 1.54) is 0 Å². The summed E-state index contributed by atoms with van der Waals surface area (Å²) >= 11 is 0. The number of anilines is 1. The van der Waals surface area contributed by atoms with Crippen LogP contribution in [0.5, 0.6) is 0 Å². The van der Waals surface area contributed by atoms with Gasteiger partial charge in [0.2, 0.25) is 0 Å². The van der Waals surface area contributed by atoms with Gasteiger partial charge in [-0.1, -0.05) is 13.8 Å². The maximum atomic E-state index is 12.7. The van der Waals surface area contributed by atoms with E-state index in [2.05, 4.69) is 29.0 Å². The van der Waals surface area contributed by atoms with Gasteiger partial charge in [-0.3, -0.25) is 4.79 Å². The van der Waals surface area contributed by atoms with Gasteiger partial charge in [-0.25, -0.2) is 4.98 Å². The fraction of sp³-hybridized carbons (Fsp3) is 0.625. The molecule has 1 amide bonds. The summed E-state index contributed by atoms with van der Waals surface area (Å²) < 4.78 is 0. The van der Waals surface area contributed by atoms with Crippen LogP contribution in [-0.2, 0) is 0 Å². The van der Waals surface area contributed by atoms with Crippen molar-refractivity contribution in [3.8, 4) is 0 Å². The molecule has 0 saturated heterocycles. The summed E-state index contributed by atoms with van der Waals surface area (Å²) in [4.78, 5) is 20.9. The van der Waals surface area contributed by atoms with E-state index in [4.69, 9.17) is 0 Å². The summed E-state index contributed by atoms with van der Waals surface area (Å²) in [7, 11) is 4.04. The van der Waals surface area contributed by atoms with E-state index in [1.54, 1.807) is 12.3 Å². The highest BCUT2D eigenvalue weighted by Crippen LogP contribution is 2.11. The van der Waals surface area contributed by atoms with E-state index in [-0.39, 0.29) is 5.91 Å². The Kier molecular flexibility index (Phi) is 7.15. The molecule has 5 nitrogen and oxygen atoms in total. The van der Waals surface area contributed by atoms with Crippen LogP contribution in [0.15, 0.2) is 18.3 Å². The van der Waals surface area contributed by atoms with Gasteiger partial charge >= 0.3 is 0 Å². The molecule has 0 unspecified atom stereocenters. The maximum absolute atomic E-state index is 12.7. The molecule has 0 spiro atoms. The predicted molar refractivity (Wildman–Crippen MR) is 87.7 cm³/mol. The van der Waals surface area contributed by atoms with Crippen molar-refractivity contribution in [2.24, 2.45) is 5.92 Å². The van der Waals surface area contributed by atoms with Crippen molar-refractivity contribution < 1.29 is 4.79 Å². The molecule has 1 aromatic rings. The first-order chi connectivity index (χ1) is 9.93. The van der Waals surface area contributed by atoms with Crippen molar-refractivity contribution in [2.45, 2.75) is 20.8 Å². The van der Waals surface area contributed by atoms with Gasteiger partial charge in [-0.05, 0) is 39.1 Å². The molecule has 1 aromatic heterocycles.